The number of halogens is 2. The van der Waals surface area contributed by atoms with Gasteiger partial charge in [-0.05, 0) is 37.3 Å². The van der Waals surface area contributed by atoms with Crippen LogP contribution in [0.4, 0.5) is 17.1 Å². The molecule has 1 heterocycles. The molecule has 0 saturated heterocycles. The maximum absolute atomic E-state index is 12.7. The molecule has 3 aromatic carbocycles. The van der Waals surface area contributed by atoms with E-state index in [1.54, 1.807) is 24.3 Å². The summed E-state index contributed by atoms with van der Waals surface area (Å²) >= 11 is 12.3. The monoisotopic (exact) mass is 486 g/mol. The van der Waals surface area contributed by atoms with Crippen LogP contribution < -0.4 is 5.32 Å². The van der Waals surface area contributed by atoms with E-state index < -0.39 is 27.1 Å². The fraction of sp³-hybridized carbons (Fsp3) is 0.0476. The molecule has 4 rings (SSSR count). The van der Waals surface area contributed by atoms with Crippen molar-refractivity contribution in [3.05, 3.63) is 89.9 Å². The number of nitro groups is 2. The van der Waals surface area contributed by atoms with Gasteiger partial charge in [0.15, 0.2) is 5.58 Å². The van der Waals surface area contributed by atoms with Gasteiger partial charge in [0.05, 0.1) is 31.0 Å². The van der Waals surface area contributed by atoms with E-state index in [4.69, 9.17) is 27.6 Å². The molecule has 4 aromatic rings. The topological polar surface area (TPSA) is 141 Å². The molecule has 0 aliphatic rings. The Hall–Kier alpha value is -4.02. The second kappa shape index (κ2) is 8.49. The molecular weight excluding hydrogens is 475 g/mol. The first-order chi connectivity index (χ1) is 15.7. The van der Waals surface area contributed by atoms with Gasteiger partial charge in [0.1, 0.15) is 11.1 Å². The Kier molecular flexibility index (Phi) is 5.71. The van der Waals surface area contributed by atoms with Crippen molar-refractivity contribution in [1.82, 2.24) is 4.98 Å². The van der Waals surface area contributed by atoms with Gasteiger partial charge < -0.3 is 9.73 Å². The number of anilines is 1. The van der Waals surface area contributed by atoms with Gasteiger partial charge in [-0.1, -0.05) is 29.3 Å². The highest BCUT2D eigenvalue weighted by atomic mass is 35.5. The minimum absolute atomic E-state index is 0.141. The van der Waals surface area contributed by atoms with E-state index in [9.17, 15) is 25.0 Å². The Labute approximate surface area is 195 Å². The molecule has 1 aromatic heterocycles. The van der Waals surface area contributed by atoms with Crippen molar-refractivity contribution in [2.75, 3.05) is 5.32 Å². The Bertz CT molecular complexity index is 1430. The van der Waals surface area contributed by atoms with Gasteiger partial charge in [0.2, 0.25) is 5.89 Å². The molecule has 1 N–H and O–H groups in total. The van der Waals surface area contributed by atoms with Crippen LogP contribution in [0, 0.1) is 27.2 Å². The highest BCUT2D eigenvalue weighted by molar-refractivity contribution is 6.43. The molecule has 0 radical (unpaired) electrons. The summed E-state index contributed by atoms with van der Waals surface area (Å²) in [4.78, 5) is 38.0. The molecule has 10 nitrogen and oxygen atoms in total. The van der Waals surface area contributed by atoms with Crippen molar-refractivity contribution in [1.29, 1.82) is 0 Å². The van der Waals surface area contributed by atoms with Gasteiger partial charge in [0.25, 0.3) is 17.3 Å². The van der Waals surface area contributed by atoms with E-state index in [2.05, 4.69) is 10.3 Å². The molecule has 0 atom stereocenters. The maximum atomic E-state index is 12.7. The number of nitro benzene ring substituents is 2. The summed E-state index contributed by atoms with van der Waals surface area (Å²) < 4.78 is 5.72. The summed E-state index contributed by atoms with van der Waals surface area (Å²) in [5, 5.41) is 25.7. The number of nitrogens with zero attached hydrogens (tertiary/aromatic N) is 3. The molecule has 166 valence electrons. The Morgan fingerprint density at radius 2 is 1.70 bits per heavy atom. The third-order valence-electron chi connectivity index (χ3n) is 4.84. The molecule has 12 heteroatoms. The van der Waals surface area contributed by atoms with Crippen LogP contribution in [0.1, 0.15) is 15.9 Å². The van der Waals surface area contributed by atoms with Gasteiger partial charge in [-0.25, -0.2) is 4.98 Å². The third kappa shape index (κ3) is 4.21. The lowest BCUT2D eigenvalue weighted by molar-refractivity contribution is -0.395. The van der Waals surface area contributed by atoms with Gasteiger partial charge in [-0.3, -0.25) is 25.0 Å². The summed E-state index contributed by atoms with van der Waals surface area (Å²) in [5.41, 5.74) is 0.193. The van der Waals surface area contributed by atoms with Crippen LogP contribution in [0.5, 0.6) is 0 Å². The second-order valence-electron chi connectivity index (χ2n) is 6.91. The van der Waals surface area contributed by atoms with E-state index in [1.165, 1.54) is 19.1 Å². The lowest BCUT2D eigenvalue weighted by Gasteiger charge is -2.06. The summed E-state index contributed by atoms with van der Waals surface area (Å²) in [7, 11) is 0. The average molecular weight is 487 g/mol. The van der Waals surface area contributed by atoms with Crippen molar-refractivity contribution in [2.24, 2.45) is 0 Å². The zero-order chi connectivity index (χ0) is 23.9. The molecule has 0 saturated carbocycles. The van der Waals surface area contributed by atoms with Crippen molar-refractivity contribution in [2.45, 2.75) is 6.92 Å². The smallest absolute Gasteiger partial charge is 0.279 e. The van der Waals surface area contributed by atoms with Crippen molar-refractivity contribution < 1.29 is 19.1 Å². The predicted octanol–water partition coefficient (Wildman–Crippen LogP) is 6.18. The van der Waals surface area contributed by atoms with E-state index in [1.807, 2.05) is 0 Å². The zero-order valence-corrected chi connectivity index (χ0v) is 18.2. The number of hydrogen-bond donors (Lipinski definition) is 1. The number of oxazole rings is 1. The quantitative estimate of drug-likeness (QED) is 0.262. The highest BCUT2D eigenvalue weighted by Gasteiger charge is 2.25. The standard InChI is InChI=1S/C21H12Cl2N4O6/c1-10-16(26(29)30)7-11(8-17(10)27(31)32)20(28)24-12-5-6-18-15(9-12)25-21(33-18)13-3-2-4-14(22)19(13)23/h2-9H,1H3,(H,24,28). The predicted molar refractivity (Wildman–Crippen MR) is 122 cm³/mol. The number of carbonyl (C=O) groups is 1. The molecule has 1 amide bonds. The third-order valence-corrected chi connectivity index (χ3v) is 5.65. The molecule has 0 fully saturated rings. The first-order valence-electron chi connectivity index (χ1n) is 9.25. The van der Waals surface area contributed by atoms with Crippen LogP contribution >= 0.6 is 23.2 Å². The van der Waals surface area contributed by atoms with Crippen molar-refractivity contribution >= 4 is 57.3 Å². The van der Waals surface area contributed by atoms with Crippen LogP contribution in [0.3, 0.4) is 0 Å². The molecular formula is C21H12Cl2N4O6. The zero-order valence-electron chi connectivity index (χ0n) is 16.7. The number of fused-ring (bicyclic) bond motifs is 1. The second-order valence-corrected chi connectivity index (χ2v) is 7.70. The summed E-state index contributed by atoms with van der Waals surface area (Å²) in [6.45, 7) is 1.25. The number of amides is 1. The Morgan fingerprint density at radius 3 is 2.33 bits per heavy atom. The molecule has 0 bridgehead atoms. The number of nitrogens with one attached hydrogen (secondary N) is 1. The SMILES string of the molecule is Cc1c([N+](=O)[O-])cc(C(=O)Nc2ccc3oc(-c4cccc(Cl)c4Cl)nc3c2)cc1[N+](=O)[O-]. The minimum atomic E-state index is -0.775. The fourth-order valence-electron chi connectivity index (χ4n) is 3.19. The van der Waals surface area contributed by atoms with E-state index in [0.717, 1.165) is 12.1 Å². The van der Waals surface area contributed by atoms with Crippen LogP contribution in [0.25, 0.3) is 22.6 Å². The van der Waals surface area contributed by atoms with Crippen LogP contribution in [0.2, 0.25) is 10.0 Å². The number of carbonyl (C=O) groups excluding carboxylic acids is 1. The first kappa shape index (κ1) is 22.2. The van der Waals surface area contributed by atoms with Crippen LogP contribution in [-0.2, 0) is 0 Å². The number of aromatic nitrogens is 1. The Morgan fingerprint density at radius 1 is 1.03 bits per heavy atom. The van der Waals surface area contributed by atoms with Gasteiger partial charge in [0, 0.05) is 17.8 Å². The highest BCUT2D eigenvalue weighted by Crippen LogP contribution is 2.35. The fourth-order valence-corrected chi connectivity index (χ4v) is 3.57. The number of hydrogen-bond acceptors (Lipinski definition) is 7. The number of benzene rings is 3. The molecule has 0 spiro atoms. The lowest BCUT2D eigenvalue weighted by atomic mass is 10.1. The summed E-state index contributed by atoms with van der Waals surface area (Å²) in [6, 6.07) is 11.6. The first-order valence-corrected chi connectivity index (χ1v) is 10.0. The summed E-state index contributed by atoms with van der Waals surface area (Å²) in [6.07, 6.45) is 0. The van der Waals surface area contributed by atoms with Gasteiger partial charge in [-0.15, -0.1) is 0 Å². The normalized spacial score (nSPS) is 10.9. The lowest BCUT2D eigenvalue weighted by Crippen LogP contribution is -2.13. The molecule has 0 unspecified atom stereocenters. The van der Waals surface area contributed by atoms with E-state index in [-0.39, 0.29) is 22.0 Å². The largest absolute Gasteiger partial charge is 0.436 e. The molecule has 0 aliphatic carbocycles. The average Bonchev–Trinajstić information content (AvgIpc) is 3.18. The van der Waals surface area contributed by atoms with Crippen molar-refractivity contribution in [3.8, 4) is 11.5 Å². The van der Waals surface area contributed by atoms with Crippen molar-refractivity contribution in [3.63, 3.8) is 0 Å². The van der Waals surface area contributed by atoms with Crippen LogP contribution in [-0.4, -0.2) is 20.7 Å². The van der Waals surface area contributed by atoms with E-state index in [0.29, 0.717) is 27.4 Å². The maximum Gasteiger partial charge on any atom is 0.279 e. The van der Waals surface area contributed by atoms with Crippen LogP contribution in [0.15, 0.2) is 52.9 Å². The Balaban J connectivity index is 1.67. The minimum Gasteiger partial charge on any atom is -0.436 e. The number of rotatable bonds is 5. The van der Waals surface area contributed by atoms with Gasteiger partial charge in [-0.2, -0.15) is 0 Å². The van der Waals surface area contributed by atoms with Gasteiger partial charge >= 0.3 is 0 Å². The van der Waals surface area contributed by atoms with E-state index >= 15 is 0 Å². The summed E-state index contributed by atoms with van der Waals surface area (Å²) in [5.74, 6) is -0.534. The molecule has 33 heavy (non-hydrogen) atoms. The molecule has 0 aliphatic heterocycles.